The molecule has 1 saturated heterocycles. The maximum atomic E-state index is 12.9. The van der Waals surface area contributed by atoms with Crippen molar-refractivity contribution in [3.8, 4) is 11.5 Å². The first kappa shape index (κ1) is 21.0. The molecule has 4 amide bonds. The summed E-state index contributed by atoms with van der Waals surface area (Å²) in [5.41, 5.74) is -0.710. The number of rotatable bonds is 5. The van der Waals surface area contributed by atoms with E-state index < -0.39 is 39.8 Å². The molecule has 1 heterocycles. The Kier molecular flexibility index (Phi) is 5.83. The first-order chi connectivity index (χ1) is 14.2. The zero-order chi connectivity index (χ0) is 22.0. The molecular formula is C19H14BrN3O7. The van der Waals surface area contributed by atoms with Crippen LogP contribution in [0.25, 0.3) is 6.08 Å². The fourth-order valence-electron chi connectivity index (χ4n) is 2.74. The van der Waals surface area contributed by atoms with Crippen LogP contribution in [-0.4, -0.2) is 34.5 Å². The number of urea groups is 1. The minimum atomic E-state index is -0.945. The second-order valence-electron chi connectivity index (χ2n) is 6.01. The van der Waals surface area contributed by atoms with Gasteiger partial charge >= 0.3 is 11.7 Å². The summed E-state index contributed by atoms with van der Waals surface area (Å²) < 4.78 is 5.33. The van der Waals surface area contributed by atoms with Gasteiger partial charge in [-0.15, -0.1) is 0 Å². The standard InChI is InChI=1S/C19H14BrN3O7/c1-2-30-12-5-3-11(4-6-12)22-18(26)13(17(25)21-19(22)27)7-10-8-14(20)16(24)15(9-10)23(28)29/h3-9,24H,2H2,1H3,(H,21,25,27)/b13-7+. The number of phenols is 1. The molecule has 1 aliphatic rings. The van der Waals surface area contributed by atoms with E-state index >= 15 is 0 Å². The van der Waals surface area contributed by atoms with Crippen LogP contribution in [0.15, 0.2) is 46.4 Å². The van der Waals surface area contributed by atoms with E-state index in [1.165, 1.54) is 18.2 Å². The third-order valence-electron chi connectivity index (χ3n) is 4.08. The van der Waals surface area contributed by atoms with Gasteiger partial charge in [0.15, 0.2) is 0 Å². The molecule has 0 aliphatic carbocycles. The fourth-order valence-corrected chi connectivity index (χ4v) is 3.21. The van der Waals surface area contributed by atoms with E-state index in [0.717, 1.165) is 17.0 Å². The highest BCUT2D eigenvalue weighted by Crippen LogP contribution is 2.36. The quantitative estimate of drug-likeness (QED) is 0.293. The van der Waals surface area contributed by atoms with Gasteiger partial charge in [0.05, 0.1) is 21.7 Å². The molecule has 0 unspecified atom stereocenters. The molecule has 0 spiro atoms. The Morgan fingerprint density at radius 2 is 1.90 bits per heavy atom. The van der Waals surface area contributed by atoms with Crippen LogP contribution in [0.5, 0.6) is 11.5 Å². The Bertz CT molecular complexity index is 1100. The zero-order valence-corrected chi connectivity index (χ0v) is 17.0. The van der Waals surface area contributed by atoms with Crippen molar-refractivity contribution < 1.29 is 29.2 Å². The number of carbonyl (C=O) groups is 3. The molecule has 2 aromatic rings. The van der Waals surface area contributed by atoms with Crippen molar-refractivity contribution in [1.82, 2.24) is 5.32 Å². The van der Waals surface area contributed by atoms with Gasteiger partial charge in [0.1, 0.15) is 11.3 Å². The Balaban J connectivity index is 2.01. The van der Waals surface area contributed by atoms with Crippen molar-refractivity contribution in [3.63, 3.8) is 0 Å². The number of hydrogen-bond acceptors (Lipinski definition) is 7. The minimum absolute atomic E-state index is 0.00617. The molecular weight excluding hydrogens is 462 g/mol. The molecule has 3 rings (SSSR count). The van der Waals surface area contributed by atoms with Crippen molar-refractivity contribution >= 4 is 51.2 Å². The van der Waals surface area contributed by atoms with Gasteiger partial charge < -0.3 is 9.84 Å². The number of amides is 4. The lowest BCUT2D eigenvalue weighted by Gasteiger charge is -2.26. The molecule has 0 aromatic heterocycles. The molecule has 1 aliphatic heterocycles. The molecule has 11 heteroatoms. The summed E-state index contributed by atoms with van der Waals surface area (Å²) >= 11 is 2.99. The highest BCUT2D eigenvalue weighted by molar-refractivity contribution is 9.10. The number of ether oxygens (including phenoxy) is 1. The van der Waals surface area contributed by atoms with E-state index in [0.29, 0.717) is 12.4 Å². The van der Waals surface area contributed by atoms with Crippen LogP contribution >= 0.6 is 15.9 Å². The van der Waals surface area contributed by atoms with E-state index in [2.05, 4.69) is 21.2 Å². The van der Waals surface area contributed by atoms with E-state index in [9.17, 15) is 29.6 Å². The number of nitro benzene ring substituents is 1. The molecule has 10 nitrogen and oxygen atoms in total. The van der Waals surface area contributed by atoms with Gasteiger partial charge in [-0.05, 0) is 64.8 Å². The number of phenolic OH excluding ortho intramolecular Hbond substituents is 1. The highest BCUT2D eigenvalue weighted by Gasteiger charge is 2.37. The first-order valence-electron chi connectivity index (χ1n) is 8.54. The van der Waals surface area contributed by atoms with Crippen LogP contribution in [0.3, 0.4) is 0 Å². The predicted molar refractivity (Wildman–Crippen MR) is 109 cm³/mol. The van der Waals surface area contributed by atoms with Gasteiger partial charge in [-0.2, -0.15) is 0 Å². The molecule has 1 fully saturated rings. The van der Waals surface area contributed by atoms with Crippen LogP contribution in [0.4, 0.5) is 16.2 Å². The van der Waals surface area contributed by atoms with E-state index in [4.69, 9.17) is 4.74 Å². The number of carbonyl (C=O) groups excluding carboxylic acids is 3. The maximum absolute atomic E-state index is 12.9. The van der Waals surface area contributed by atoms with Gasteiger partial charge in [-0.1, -0.05) is 0 Å². The summed E-state index contributed by atoms with van der Waals surface area (Å²) in [4.78, 5) is 48.4. The van der Waals surface area contributed by atoms with Crippen LogP contribution in [0, 0.1) is 10.1 Å². The summed E-state index contributed by atoms with van der Waals surface area (Å²) in [6.45, 7) is 2.25. The van der Waals surface area contributed by atoms with Crippen LogP contribution < -0.4 is 15.0 Å². The smallest absolute Gasteiger partial charge is 0.335 e. The maximum Gasteiger partial charge on any atom is 0.335 e. The van der Waals surface area contributed by atoms with Gasteiger partial charge in [-0.3, -0.25) is 25.0 Å². The fraction of sp³-hybridized carbons (Fsp3) is 0.105. The van der Waals surface area contributed by atoms with Crippen molar-refractivity contribution in [1.29, 1.82) is 0 Å². The number of hydrogen-bond donors (Lipinski definition) is 2. The van der Waals surface area contributed by atoms with Gasteiger partial charge in [0.25, 0.3) is 11.8 Å². The third kappa shape index (κ3) is 4.01. The monoisotopic (exact) mass is 475 g/mol. The van der Waals surface area contributed by atoms with Crippen molar-refractivity contribution in [2.45, 2.75) is 6.92 Å². The largest absolute Gasteiger partial charge is 0.501 e. The number of nitrogens with zero attached hydrogens (tertiary/aromatic N) is 2. The first-order valence-corrected chi connectivity index (χ1v) is 9.33. The molecule has 154 valence electrons. The predicted octanol–water partition coefficient (Wildman–Crippen LogP) is 3.13. The number of aromatic hydroxyl groups is 1. The van der Waals surface area contributed by atoms with E-state index in [1.807, 2.05) is 6.92 Å². The Morgan fingerprint density at radius 3 is 2.50 bits per heavy atom. The van der Waals surface area contributed by atoms with Gasteiger partial charge in [-0.25, -0.2) is 9.69 Å². The van der Waals surface area contributed by atoms with Crippen LogP contribution in [-0.2, 0) is 9.59 Å². The summed E-state index contributed by atoms with van der Waals surface area (Å²) in [5.74, 6) is -1.90. The normalized spacial score (nSPS) is 15.3. The Hall–Kier alpha value is -3.73. The molecule has 0 saturated carbocycles. The molecule has 0 bridgehead atoms. The average Bonchev–Trinajstić information content (AvgIpc) is 2.69. The topological polar surface area (TPSA) is 139 Å². The summed E-state index contributed by atoms with van der Waals surface area (Å²) in [6, 6.07) is 7.48. The molecule has 2 aromatic carbocycles. The number of halogens is 1. The molecule has 0 atom stereocenters. The number of anilines is 1. The lowest BCUT2D eigenvalue weighted by molar-refractivity contribution is -0.386. The SMILES string of the molecule is CCOc1ccc(N2C(=O)NC(=O)/C(=C\c3cc(Br)c(O)c([N+](=O)[O-])c3)C2=O)cc1. The van der Waals surface area contributed by atoms with Crippen molar-refractivity contribution in [3.05, 3.63) is 62.1 Å². The van der Waals surface area contributed by atoms with Crippen molar-refractivity contribution in [2.24, 2.45) is 0 Å². The summed E-state index contributed by atoms with van der Waals surface area (Å²) in [7, 11) is 0. The lowest BCUT2D eigenvalue weighted by atomic mass is 10.1. The average molecular weight is 476 g/mol. The Labute approximate surface area is 178 Å². The second kappa shape index (κ2) is 8.33. The van der Waals surface area contributed by atoms with Crippen LogP contribution in [0.2, 0.25) is 0 Å². The number of imide groups is 2. The summed E-state index contributed by atoms with van der Waals surface area (Å²) in [6.07, 6.45) is 1.10. The van der Waals surface area contributed by atoms with Gasteiger partial charge in [0, 0.05) is 6.07 Å². The Morgan fingerprint density at radius 1 is 1.23 bits per heavy atom. The van der Waals surface area contributed by atoms with Crippen LogP contribution in [0.1, 0.15) is 12.5 Å². The molecule has 0 radical (unpaired) electrons. The number of barbiturate groups is 1. The molecule has 30 heavy (non-hydrogen) atoms. The summed E-state index contributed by atoms with van der Waals surface area (Å²) in [5, 5.41) is 22.9. The third-order valence-corrected chi connectivity index (χ3v) is 4.69. The van der Waals surface area contributed by atoms with E-state index in [-0.39, 0.29) is 15.7 Å². The molecule has 2 N–H and O–H groups in total. The van der Waals surface area contributed by atoms with Crippen molar-refractivity contribution in [2.75, 3.05) is 11.5 Å². The second-order valence-corrected chi connectivity index (χ2v) is 6.87. The van der Waals surface area contributed by atoms with Gasteiger partial charge in [0.2, 0.25) is 5.75 Å². The zero-order valence-electron chi connectivity index (χ0n) is 15.4. The number of nitrogens with one attached hydrogen (secondary N) is 1. The van der Waals surface area contributed by atoms with E-state index in [1.54, 1.807) is 12.1 Å². The lowest BCUT2D eigenvalue weighted by Crippen LogP contribution is -2.54. The highest BCUT2D eigenvalue weighted by atomic mass is 79.9. The number of nitro groups is 1. The number of benzene rings is 2. The minimum Gasteiger partial charge on any atom is -0.501 e.